The van der Waals surface area contributed by atoms with Crippen molar-refractivity contribution in [3.63, 3.8) is 0 Å². The van der Waals surface area contributed by atoms with Gasteiger partial charge in [0.25, 0.3) is 0 Å². The first kappa shape index (κ1) is 13.1. The molecule has 0 saturated heterocycles. The highest BCUT2D eigenvalue weighted by molar-refractivity contribution is 9.09. The van der Waals surface area contributed by atoms with Crippen LogP contribution in [0.15, 0.2) is 45.6 Å². The molecule has 0 aliphatic rings. The SMILES string of the molecule is O=c1[nH]c2ccc(C(Br)c3ccc(F)cc3F)cc2o1. The van der Waals surface area contributed by atoms with Crippen molar-refractivity contribution in [1.82, 2.24) is 4.98 Å². The Morgan fingerprint density at radius 1 is 1.15 bits per heavy atom. The molecule has 2 aromatic carbocycles. The van der Waals surface area contributed by atoms with Crippen molar-refractivity contribution in [2.24, 2.45) is 0 Å². The summed E-state index contributed by atoms with van der Waals surface area (Å²) in [5, 5.41) is 0. The van der Waals surface area contributed by atoms with Crippen molar-refractivity contribution < 1.29 is 13.2 Å². The first-order valence-corrected chi connectivity index (χ1v) is 6.68. The number of nitrogens with one attached hydrogen (secondary N) is 1. The third-order valence-electron chi connectivity index (χ3n) is 2.97. The lowest BCUT2D eigenvalue weighted by atomic mass is 10.0. The van der Waals surface area contributed by atoms with Gasteiger partial charge < -0.3 is 4.42 Å². The maximum absolute atomic E-state index is 13.8. The third kappa shape index (κ3) is 2.27. The zero-order valence-corrected chi connectivity index (χ0v) is 11.6. The molecular formula is C14H8BrF2NO2. The quantitative estimate of drug-likeness (QED) is 0.720. The van der Waals surface area contributed by atoms with Gasteiger partial charge in [-0.3, -0.25) is 4.98 Å². The minimum absolute atomic E-state index is 0.309. The van der Waals surface area contributed by atoms with Crippen LogP contribution in [0.25, 0.3) is 11.1 Å². The van der Waals surface area contributed by atoms with Crippen LogP contribution in [0.5, 0.6) is 0 Å². The van der Waals surface area contributed by atoms with Crippen LogP contribution in [-0.4, -0.2) is 4.98 Å². The molecule has 3 aromatic rings. The standard InChI is InChI=1S/C14H8BrF2NO2/c15-13(9-3-2-8(16)6-10(9)17)7-1-4-11-12(5-7)20-14(19)18-11/h1-6,13H,(H,18,19). The minimum Gasteiger partial charge on any atom is -0.408 e. The van der Waals surface area contributed by atoms with Crippen molar-refractivity contribution in [3.8, 4) is 0 Å². The fraction of sp³-hybridized carbons (Fsp3) is 0.0714. The molecule has 0 spiro atoms. The topological polar surface area (TPSA) is 46.0 Å². The predicted octanol–water partition coefficient (Wildman–Crippen LogP) is 3.88. The van der Waals surface area contributed by atoms with Crippen molar-refractivity contribution in [3.05, 3.63) is 69.7 Å². The van der Waals surface area contributed by atoms with Gasteiger partial charge in [0.2, 0.25) is 0 Å². The molecule has 0 aliphatic heterocycles. The predicted molar refractivity (Wildman–Crippen MR) is 74.0 cm³/mol. The number of rotatable bonds is 2. The highest BCUT2D eigenvalue weighted by Crippen LogP contribution is 2.33. The summed E-state index contributed by atoms with van der Waals surface area (Å²) in [5.41, 5.74) is 1.96. The maximum Gasteiger partial charge on any atom is 0.417 e. The van der Waals surface area contributed by atoms with Gasteiger partial charge in [0.1, 0.15) is 11.6 Å². The minimum atomic E-state index is -0.637. The fourth-order valence-corrected chi connectivity index (χ4v) is 2.66. The Kier molecular flexibility index (Phi) is 3.17. The molecule has 102 valence electrons. The zero-order valence-electron chi connectivity index (χ0n) is 9.99. The Morgan fingerprint density at radius 3 is 2.70 bits per heavy atom. The molecule has 1 atom stereocenters. The van der Waals surface area contributed by atoms with Gasteiger partial charge in [-0.05, 0) is 23.8 Å². The lowest BCUT2D eigenvalue weighted by Gasteiger charge is -2.11. The smallest absolute Gasteiger partial charge is 0.408 e. The summed E-state index contributed by atoms with van der Waals surface area (Å²) in [7, 11) is 0. The van der Waals surface area contributed by atoms with E-state index >= 15 is 0 Å². The maximum atomic E-state index is 13.8. The van der Waals surface area contributed by atoms with E-state index in [-0.39, 0.29) is 0 Å². The normalized spacial score (nSPS) is 12.8. The van der Waals surface area contributed by atoms with Crippen molar-refractivity contribution in [2.75, 3.05) is 0 Å². The number of fused-ring (bicyclic) bond motifs is 1. The summed E-state index contributed by atoms with van der Waals surface area (Å²) in [5.74, 6) is -1.81. The molecule has 1 aromatic heterocycles. The van der Waals surface area contributed by atoms with E-state index in [2.05, 4.69) is 20.9 Å². The van der Waals surface area contributed by atoms with E-state index in [9.17, 15) is 13.6 Å². The van der Waals surface area contributed by atoms with E-state index in [1.165, 1.54) is 12.1 Å². The van der Waals surface area contributed by atoms with Crippen molar-refractivity contribution >= 4 is 27.0 Å². The number of aromatic amines is 1. The highest BCUT2D eigenvalue weighted by atomic mass is 79.9. The van der Waals surface area contributed by atoms with Crippen LogP contribution >= 0.6 is 15.9 Å². The summed E-state index contributed by atoms with van der Waals surface area (Å²) < 4.78 is 31.6. The second kappa shape index (κ2) is 4.86. The number of halogens is 3. The number of oxazole rings is 1. The number of hydrogen-bond acceptors (Lipinski definition) is 2. The van der Waals surface area contributed by atoms with E-state index in [0.717, 1.165) is 6.07 Å². The van der Waals surface area contributed by atoms with E-state index in [1.807, 2.05) is 0 Å². The molecule has 0 bridgehead atoms. The molecular weight excluding hydrogens is 332 g/mol. The molecule has 0 saturated carbocycles. The summed E-state index contributed by atoms with van der Waals surface area (Å²) in [6.45, 7) is 0. The largest absolute Gasteiger partial charge is 0.417 e. The number of benzene rings is 2. The number of alkyl halides is 1. The van der Waals surface area contributed by atoms with Crippen LogP contribution in [0.2, 0.25) is 0 Å². The average molecular weight is 340 g/mol. The first-order chi connectivity index (χ1) is 9.54. The molecule has 0 radical (unpaired) electrons. The van der Waals surface area contributed by atoms with Crippen molar-refractivity contribution in [1.29, 1.82) is 0 Å². The van der Waals surface area contributed by atoms with Gasteiger partial charge in [0.15, 0.2) is 5.58 Å². The van der Waals surface area contributed by atoms with Crippen molar-refractivity contribution in [2.45, 2.75) is 4.83 Å². The third-order valence-corrected chi connectivity index (χ3v) is 4.00. The molecule has 0 aliphatic carbocycles. The first-order valence-electron chi connectivity index (χ1n) is 5.76. The lowest BCUT2D eigenvalue weighted by molar-refractivity contribution is 0.555. The van der Waals surface area contributed by atoms with Crippen LogP contribution in [0.4, 0.5) is 8.78 Å². The van der Waals surface area contributed by atoms with E-state index in [4.69, 9.17) is 4.42 Å². The summed E-state index contributed by atoms with van der Waals surface area (Å²) in [6.07, 6.45) is 0. The Morgan fingerprint density at radius 2 is 1.95 bits per heavy atom. The number of aromatic nitrogens is 1. The molecule has 1 N–H and O–H groups in total. The van der Waals surface area contributed by atoms with Crippen LogP contribution in [-0.2, 0) is 0 Å². The van der Waals surface area contributed by atoms with Gasteiger partial charge in [-0.1, -0.05) is 28.1 Å². The van der Waals surface area contributed by atoms with Crippen LogP contribution in [0.1, 0.15) is 16.0 Å². The lowest BCUT2D eigenvalue weighted by Crippen LogP contribution is -1.97. The Hall–Kier alpha value is -1.95. The fourth-order valence-electron chi connectivity index (χ4n) is 2.01. The van der Waals surface area contributed by atoms with E-state index in [0.29, 0.717) is 22.2 Å². The molecule has 1 heterocycles. The molecule has 0 amide bonds. The zero-order chi connectivity index (χ0) is 14.3. The molecule has 6 heteroatoms. The summed E-state index contributed by atoms with van der Waals surface area (Å²) in [4.78, 5) is 13.2. The van der Waals surface area contributed by atoms with Gasteiger partial charge in [0, 0.05) is 11.6 Å². The molecule has 3 nitrogen and oxygen atoms in total. The molecule has 3 rings (SSSR count). The molecule has 0 fully saturated rings. The second-order valence-electron chi connectivity index (χ2n) is 4.30. The van der Waals surface area contributed by atoms with E-state index < -0.39 is 22.2 Å². The average Bonchev–Trinajstić information content (AvgIpc) is 2.77. The van der Waals surface area contributed by atoms with Crippen LogP contribution < -0.4 is 5.76 Å². The number of hydrogen-bond donors (Lipinski definition) is 1. The monoisotopic (exact) mass is 339 g/mol. The summed E-state index contributed by atoms with van der Waals surface area (Å²) in [6, 6.07) is 8.44. The Labute approximate surface area is 120 Å². The summed E-state index contributed by atoms with van der Waals surface area (Å²) >= 11 is 3.37. The second-order valence-corrected chi connectivity index (χ2v) is 5.21. The Bertz CT molecular complexity index is 841. The van der Waals surface area contributed by atoms with Crippen LogP contribution in [0, 0.1) is 11.6 Å². The Balaban J connectivity index is 2.06. The number of H-pyrrole nitrogens is 1. The van der Waals surface area contributed by atoms with Gasteiger partial charge >= 0.3 is 5.76 Å². The molecule has 20 heavy (non-hydrogen) atoms. The van der Waals surface area contributed by atoms with Gasteiger partial charge in [-0.2, -0.15) is 0 Å². The van der Waals surface area contributed by atoms with Gasteiger partial charge in [0.05, 0.1) is 10.3 Å². The van der Waals surface area contributed by atoms with Crippen LogP contribution in [0.3, 0.4) is 0 Å². The highest BCUT2D eigenvalue weighted by Gasteiger charge is 2.16. The van der Waals surface area contributed by atoms with Gasteiger partial charge in [-0.25, -0.2) is 13.6 Å². The van der Waals surface area contributed by atoms with Gasteiger partial charge in [-0.15, -0.1) is 0 Å². The van der Waals surface area contributed by atoms with E-state index in [1.54, 1.807) is 18.2 Å². The molecule has 1 unspecified atom stereocenters.